The molecule has 6 heteroatoms. The van der Waals surface area contributed by atoms with Crippen molar-refractivity contribution < 1.29 is 14.4 Å². The predicted molar refractivity (Wildman–Crippen MR) is 121 cm³/mol. The Bertz CT molecular complexity index is 1250. The lowest BCUT2D eigenvalue weighted by Gasteiger charge is -2.28. The number of hydrogen-bond donors (Lipinski definition) is 2. The lowest BCUT2D eigenvalue weighted by Crippen LogP contribution is -2.53. The number of quaternary nitrogens is 1. The van der Waals surface area contributed by atoms with Crippen LogP contribution in [-0.4, -0.2) is 28.9 Å². The Hall–Kier alpha value is -3.58. The number of aliphatic imine (C=N–C) groups is 2. The molecule has 2 atom stereocenters. The minimum Gasteiger partial charge on any atom is -0.496 e. The van der Waals surface area contributed by atoms with Crippen molar-refractivity contribution >= 4 is 12.1 Å². The Labute approximate surface area is 180 Å². The summed E-state index contributed by atoms with van der Waals surface area (Å²) in [5.74, 6) is 8.02. The summed E-state index contributed by atoms with van der Waals surface area (Å²) in [5, 5.41) is 11.3. The number of benzene rings is 2. The maximum absolute atomic E-state index is 11.3. The van der Waals surface area contributed by atoms with Gasteiger partial charge in [-0.25, -0.2) is 0 Å². The number of rotatable bonds is 5. The van der Waals surface area contributed by atoms with Gasteiger partial charge >= 0.3 is 0 Å². The van der Waals surface area contributed by atoms with Gasteiger partial charge in [-0.05, 0) is 30.2 Å². The molecule has 0 radical (unpaired) electrons. The number of ether oxygens (including phenoxy) is 1. The van der Waals surface area contributed by atoms with Gasteiger partial charge in [0.05, 0.1) is 19.5 Å². The number of amidine groups is 1. The molecule has 6 nitrogen and oxygen atoms in total. The summed E-state index contributed by atoms with van der Waals surface area (Å²) in [5.41, 5.74) is 3.72. The van der Waals surface area contributed by atoms with E-state index in [-0.39, 0.29) is 4.59 Å². The Morgan fingerprint density at radius 3 is 2.55 bits per heavy atom. The Morgan fingerprint density at radius 2 is 1.87 bits per heavy atom. The second-order valence-electron chi connectivity index (χ2n) is 7.86. The van der Waals surface area contributed by atoms with Crippen LogP contribution in [0.15, 0.2) is 106 Å². The molecule has 2 aromatic rings. The molecule has 1 aliphatic carbocycles. The topological polar surface area (TPSA) is 80.2 Å². The van der Waals surface area contributed by atoms with Crippen molar-refractivity contribution in [1.82, 2.24) is 0 Å². The van der Waals surface area contributed by atoms with Crippen LogP contribution in [0, 0.1) is 0 Å². The van der Waals surface area contributed by atoms with Gasteiger partial charge in [-0.2, -0.15) is 10.8 Å². The zero-order valence-electron chi connectivity index (χ0n) is 17.4. The summed E-state index contributed by atoms with van der Waals surface area (Å²) in [7, 11) is 1.61. The van der Waals surface area contributed by atoms with Gasteiger partial charge in [0, 0.05) is 5.57 Å². The van der Waals surface area contributed by atoms with Crippen LogP contribution in [0.3, 0.4) is 0 Å². The fraction of sp³-hybridized carbons (Fsp3) is 0.120. The number of nitrogens with two attached hydrogens (primary N) is 1. The normalized spacial score (nSPS) is 23.1. The van der Waals surface area contributed by atoms with Gasteiger partial charge in [-0.15, -0.1) is 4.59 Å². The van der Waals surface area contributed by atoms with E-state index in [2.05, 4.69) is 4.99 Å². The molecule has 0 spiro atoms. The summed E-state index contributed by atoms with van der Waals surface area (Å²) >= 11 is 0. The smallest absolute Gasteiger partial charge is 0.269 e. The van der Waals surface area contributed by atoms with Gasteiger partial charge in [0.25, 0.3) is 5.84 Å². The first-order valence-corrected chi connectivity index (χ1v) is 10.0. The quantitative estimate of drug-likeness (QED) is 0.582. The van der Waals surface area contributed by atoms with Crippen LogP contribution in [0.25, 0.3) is 0 Å². The lowest BCUT2D eigenvalue weighted by molar-refractivity contribution is -0.750. The third-order valence-electron chi connectivity index (χ3n) is 5.96. The molecule has 0 saturated carbocycles. The fourth-order valence-corrected chi connectivity index (χ4v) is 4.03. The molecule has 3 N–H and O–H groups in total. The SMILES string of the molecule is COc1cc(C(C)(O)c2ccccc2)ccc1C1=NC(C2=CC=C2)=C2C=NC=C[N+]12N. The maximum atomic E-state index is 11.3. The summed E-state index contributed by atoms with van der Waals surface area (Å²) in [6, 6.07) is 15.2. The molecule has 0 amide bonds. The molecule has 0 bridgehead atoms. The molecule has 2 heterocycles. The van der Waals surface area contributed by atoms with Crippen LogP contribution < -0.4 is 10.6 Å². The number of hydrogen-bond acceptors (Lipinski definition) is 5. The largest absolute Gasteiger partial charge is 0.496 e. The molecule has 0 saturated heterocycles. The van der Waals surface area contributed by atoms with E-state index >= 15 is 0 Å². The van der Waals surface area contributed by atoms with E-state index < -0.39 is 5.60 Å². The highest BCUT2D eigenvalue weighted by molar-refractivity contribution is 6.03. The second-order valence-corrected chi connectivity index (χ2v) is 7.86. The molecular weight excluding hydrogens is 388 g/mol. The Morgan fingerprint density at radius 1 is 1.10 bits per heavy atom. The maximum Gasteiger partial charge on any atom is 0.269 e. The lowest BCUT2D eigenvalue weighted by atomic mass is 9.87. The van der Waals surface area contributed by atoms with Crippen molar-refractivity contribution in [2.24, 2.45) is 15.8 Å². The van der Waals surface area contributed by atoms with Crippen LogP contribution >= 0.6 is 0 Å². The molecule has 31 heavy (non-hydrogen) atoms. The molecule has 2 unspecified atom stereocenters. The monoisotopic (exact) mass is 411 g/mol. The van der Waals surface area contributed by atoms with E-state index in [9.17, 15) is 5.11 Å². The van der Waals surface area contributed by atoms with Gasteiger partial charge < -0.3 is 9.84 Å². The molecule has 154 valence electrons. The molecule has 0 fully saturated rings. The van der Waals surface area contributed by atoms with E-state index in [1.807, 2.05) is 66.8 Å². The highest BCUT2D eigenvalue weighted by Gasteiger charge is 2.46. The number of nitrogens with zero attached hydrogens (tertiary/aromatic N) is 3. The van der Waals surface area contributed by atoms with Crippen molar-refractivity contribution in [3.05, 3.63) is 113 Å². The van der Waals surface area contributed by atoms with Crippen molar-refractivity contribution in [2.45, 2.75) is 12.5 Å². The van der Waals surface area contributed by atoms with Crippen molar-refractivity contribution in [2.75, 3.05) is 7.11 Å². The first-order valence-electron chi connectivity index (χ1n) is 10.0. The molecule has 3 aliphatic rings. The van der Waals surface area contributed by atoms with Crippen LogP contribution in [-0.2, 0) is 5.60 Å². The summed E-state index contributed by atoms with van der Waals surface area (Å²) in [6.07, 6.45) is 11.2. The summed E-state index contributed by atoms with van der Waals surface area (Å²) in [4.78, 5) is 9.15. The van der Waals surface area contributed by atoms with Gasteiger partial charge in [0.2, 0.25) is 5.70 Å². The van der Waals surface area contributed by atoms with Crippen LogP contribution in [0.4, 0.5) is 0 Å². The van der Waals surface area contributed by atoms with Crippen molar-refractivity contribution in [3.63, 3.8) is 0 Å². The van der Waals surface area contributed by atoms with E-state index in [1.165, 1.54) is 0 Å². The number of allylic oxidation sites excluding steroid dienone is 4. The zero-order valence-corrected chi connectivity index (χ0v) is 17.4. The summed E-state index contributed by atoms with van der Waals surface area (Å²) in [6.45, 7) is 1.78. The average Bonchev–Trinajstić information content (AvgIpc) is 3.05. The van der Waals surface area contributed by atoms with E-state index in [1.54, 1.807) is 32.6 Å². The highest BCUT2D eigenvalue weighted by atomic mass is 16.5. The van der Waals surface area contributed by atoms with Crippen LogP contribution in [0.5, 0.6) is 5.75 Å². The first kappa shape index (κ1) is 19.4. The molecule has 2 aromatic carbocycles. The minimum absolute atomic E-state index is 0.0885. The van der Waals surface area contributed by atoms with E-state index in [0.29, 0.717) is 11.6 Å². The highest BCUT2D eigenvalue weighted by Crippen LogP contribution is 2.39. The first-order chi connectivity index (χ1) is 14.9. The van der Waals surface area contributed by atoms with Crippen molar-refractivity contribution in [3.8, 4) is 5.75 Å². The standard InChI is InChI=1S/C25H23N4O2/c1-25(30,18-9-4-3-5-10-18)19-11-12-20(22(15-19)31-2)24-28-23(17-7-6-8-17)21-16-27-13-14-29(21,24)26/h3-16,30H,26H2,1-2H3/q+1. The molecule has 2 aliphatic heterocycles. The van der Waals surface area contributed by atoms with Crippen LogP contribution in [0.1, 0.15) is 23.6 Å². The summed E-state index contributed by atoms with van der Waals surface area (Å²) < 4.78 is 5.64. The van der Waals surface area contributed by atoms with Gasteiger partial charge in [0.15, 0.2) is 0 Å². The van der Waals surface area contributed by atoms with Gasteiger partial charge in [-0.3, -0.25) is 4.99 Å². The predicted octanol–water partition coefficient (Wildman–Crippen LogP) is 3.67. The zero-order chi connectivity index (χ0) is 21.6. The van der Waals surface area contributed by atoms with E-state index in [4.69, 9.17) is 15.6 Å². The molecular formula is C25H23N4O2+. The van der Waals surface area contributed by atoms with Crippen LogP contribution in [0.2, 0.25) is 0 Å². The van der Waals surface area contributed by atoms with E-state index in [0.717, 1.165) is 33.7 Å². The Balaban J connectivity index is 1.60. The van der Waals surface area contributed by atoms with Crippen molar-refractivity contribution in [1.29, 1.82) is 0 Å². The number of methoxy groups -OCH3 is 1. The second kappa shape index (κ2) is 6.99. The number of aliphatic hydroxyl groups is 1. The Kier molecular flexibility index (Phi) is 4.37. The van der Waals surface area contributed by atoms with Gasteiger partial charge in [-0.1, -0.05) is 54.6 Å². The third kappa shape index (κ3) is 2.92. The molecule has 5 rings (SSSR count). The fourth-order valence-electron chi connectivity index (χ4n) is 4.03. The average molecular weight is 411 g/mol. The van der Waals surface area contributed by atoms with Gasteiger partial charge in [0.1, 0.15) is 28.8 Å². The minimum atomic E-state index is -1.17. The number of fused-ring (bicyclic) bond motifs is 1. The third-order valence-corrected chi connectivity index (χ3v) is 5.96. The molecule has 0 aromatic heterocycles.